The van der Waals surface area contributed by atoms with E-state index >= 15 is 0 Å². The maximum atomic E-state index is 11.7. The van der Waals surface area contributed by atoms with Crippen LogP contribution in [0.4, 0.5) is 5.82 Å². The first-order valence-electron chi connectivity index (χ1n) is 5.65. The summed E-state index contributed by atoms with van der Waals surface area (Å²) in [5, 5.41) is 13.3. The SMILES string of the molecule is Cc1ccsc1C=CC(=O)Nc1nccnc1C(=O)O. The van der Waals surface area contributed by atoms with E-state index in [9.17, 15) is 9.59 Å². The van der Waals surface area contributed by atoms with Crippen LogP contribution in [-0.2, 0) is 4.79 Å². The number of hydrogen-bond acceptors (Lipinski definition) is 5. The molecule has 0 bridgehead atoms. The third-order valence-electron chi connectivity index (χ3n) is 2.43. The van der Waals surface area contributed by atoms with Crippen molar-refractivity contribution in [3.05, 3.63) is 46.1 Å². The van der Waals surface area contributed by atoms with E-state index in [2.05, 4.69) is 15.3 Å². The Hall–Kier alpha value is -2.54. The number of thiophene rings is 1. The Balaban J connectivity index is 2.11. The molecule has 0 saturated heterocycles. The van der Waals surface area contributed by atoms with Gasteiger partial charge in [0.1, 0.15) is 0 Å². The summed E-state index contributed by atoms with van der Waals surface area (Å²) >= 11 is 1.52. The Morgan fingerprint density at radius 3 is 2.75 bits per heavy atom. The monoisotopic (exact) mass is 289 g/mol. The smallest absolute Gasteiger partial charge is 0.358 e. The van der Waals surface area contributed by atoms with E-state index in [0.29, 0.717) is 0 Å². The molecule has 0 atom stereocenters. The first kappa shape index (κ1) is 13.9. The van der Waals surface area contributed by atoms with Crippen molar-refractivity contribution in [2.75, 3.05) is 5.32 Å². The molecule has 0 saturated carbocycles. The molecule has 0 aliphatic carbocycles. The molecule has 0 unspecified atom stereocenters. The van der Waals surface area contributed by atoms with Crippen molar-refractivity contribution in [3.8, 4) is 0 Å². The summed E-state index contributed by atoms with van der Waals surface area (Å²) in [7, 11) is 0. The number of hydrogen-bond donors (Lipinski definition) is 2. The number of carboxylic acids is 1. The number of aromatic carboxylic acids is 1. The van der Waals surface area contributed by atoms with Gasteiger partial charge in [0.25, 0.3) is 0 Å². The van der Waals surface area contributed by atoms with Crippen LogP contribution < -0.4 is 5.32 Å². The molecule has 7 heteroatoms. The van der Waals surface area contributed by atoms with E-state index in [1.165, 1.54) is 29.8 Å². The van der Waals surface area contributed by atoms with E-state index < -0.39 is 11.9 Å². The van der Waals surface area contributed by atoms with E-state index in [1.807, 2.05) is 18.4 Å². The maximum absolute atomic E-state index is 11.7. The fourth-order valence-corrected chi connectivity index (χ4v) is 2.27. The zero-order valence-electron chi connectivity index (χ0n) is 10.5. The Labute approximate surface area is 118 Å². The summed E-state index contributed by atoms with van der Waals surface area (Å²) in [5.41, 5.74) is 0.784. The lowest BCUT2D eigenvalue weighted by Gasteiger charge is -2.03. The van der Waals surface area contributed by atoms with Gasteiger partial charge in [-0.1, -0.05) is 0 Å². The van der Waals surface area contributed by atoms with Crippen LogP contribution in [0.25, 0.3) is 6.08 Å². The summed E-state index contributed by atoms with van der Waals surface area (Å²) in [6, 6.07) is 1.95. The predicted octanol–water partition coefficient (Wildman–Crippen LogP) is 2.20. The van der Waals surface area contributed by atoms with Crippen LogP contribution in [0.3, 0.4) is 0 Å². The van der Waals surface area contributed by atoms with Gasteiger partial charge >= 0.3 is 5.97 Å². The molecular formula is C13H11N3O3S. The minimum Gasteiger partial charge on any atom is -0.476 e. The molecule has 2 aromatic heterocycles. The Morgan fingerprint density at radius 1 is 1.35 bits per heavy atom. The molecule has 0 aliphatic heterocycles. The Bertz CT molecular complexity index is 679. The van der Waals surface area contributed by atoms with Crippen molar-refractivity contribution in [2.45, 2.75) is 6.92 Å². The van der Waals surface area contributed by atoms with Gasteiger partial charge in [-0.05, 0) is 30.0 Å². The van der Waals surface area contributed by atoms with Crippen LogP contribution >= 0.6 is 11.3 Å². The number of nitrogens with zero attached hydrogens (tertiary/aromatic N) is 2. The van der Waals surface area contributed by atoms with E-state index in [-0.39, 0.29) is 11.5 Å². The lowest BCUT2D eigenvalue weighted by Crippen LogP contribution is -2.14. The number of amides is 1. The third-order valence-corrected chi connectivity index (χ3v) is 3.41. The highest BCUT2D eigenvalue weighted by atomic mass is 32.1. The zero-order chi connectivity index (χ0) is 14.5. The molecule has 0 fully saturated rings. The first-order valence-corrected chi connectivity index (χ1v) is 6.53. The Morgan fingerprint density at radius 2 is 2.10 bits per heavy atom. The van der Waals surface area contributed by atoms with Crippen molar-refractivity contribution in [1.82, 2.24) is 9.97 Å². The highest BCUT2D eigenvalue weighted by molar-refractivity contribution is 7.11. The fraction of sp³-hybridized carbons (Fsp3) is 0.0769. The van der Waals surface area contributed by atoms with E-state index in [1.54, 1.807) is 6.08 Å². The lowest BCUT2D eigenvalue weighted by atomic mass is 10.3. The van der Waals surface area contributed by atoms with Gasteiger partial charge in [0.2, 0.25) is 5.91 Å². The number of aromatic nitrogens is 2. The third kappa shape index (κ3) is 3.27. The highest BCUT2D eigenvalue weighted by Crippen LogP contribution is 2.17. The number of nitrogens with one attached hydrogen (secondary N) is 1. The van der Waals surface area contributed by atoms with Crippen LogP contribution in [0.1, 0.15) is 20.9 Å². The number of aryl methyl sites for hydroxylation is 1. The average molecular weight is 289 g/mol. The van der Waals surface area contributed by atoms with Crippen LogP contribution in [0.2, 0.25) is 0 Å². The molecule has 0 spiro atoms. The summed E-state index contributed by atoms with van der Waals surface area (Å²) in [6.07, 6.45) is 5.57. The van der Waals surface area contributed by atoms with Crippen molar-refractivity contribution < 1.29 is 14.7 Å². The van der Waals surface area contributed by atoms with Crippen LogP contribution in [0.5, 0.6) is 0 Å². The van der Waals surface area contributed by atoms with Gasteiger partial charge in [0.15, 0.2) is 11.5 Å². The second kappa shape index (κ2) is 6.07. The molecular weight excluding hydrogens is 278 g/mol. The second-order valence-corrected chi connectivity index (χ2v) is 4.80. The summed E-state index contributed by atoms with van der Waals surface area (Å²) in [4.78, 5) is 31.1. The fourth-order valence-electron chi connectivity index (χ4n) is 1.45. The molecule has 2 rings (SSSR count). The van der Waals surface area contributed by atoms with Gasteiger partial charge in [-0.3, -0.25) is 4.79 Å². The average Bonchev–Trinajstić information content (AvgIpc) is 2.82. The van der Waals surface area contributed by atoms with Crippen molar-refractivity contribution in [3.63, 3.8) is 0 Å². The Kier molecular flexibility index (Phi) is 4.21. The van der Waals surface area contributed by atoms with E-state index in [0.717, 1.165) is 10.4 Å². The zero-order valence-corrected chi connectivity index (χ0v) is 11.3. The van der Waals surface area contributed by atoms with Gasteiger partial charge in [-0.25, -0.2) is 14.8 Å². The number of carbonyl (C=O) groups excluding carboxylic acids is 1. The molecule has 0 aliphatic rings. The molecule has 102 valence electrons. The number of rotatable bonds is 4. The number of anilines is 1. The lowest BCUT2D eigenvalue weighted by molar-refractivity contribution is -0.111. The van der Waals surface area contributed by atoms with Gasteiger partial charge in [-0.15, -0.1) is 11.3 Å². The summed E-state index contributed by atoms with van der Waals surface area (Å²) in [6.45, 7) is 1.94. The van der Waals surface area contributed by atoms with Gasteiger partial charge in [-0.2, -0.15) is 0 Å². The maximum Gasteiger partial charge on any atom is 0.358 e. The van der Waals surface area contributed by atoms with Crippen molar-refractivity contribution in [2.24, 2.45) is 0 Å². The molecule has 0 radical (unpaired) electrons. The predicted molar refractivity (Wildman–Crippen MR) is 75.7 cm³/mol. The largest absolute Gasteiger partial charge is 0.476 e. The topological polar surface area (TPSA) is 92.2 Å². The quantitative estimate of drug-likeness (QED) is 0.842. The molecule has 20 heavy (non-hydrogen) atoms. The molecule has 1 amide bonds. The van der Waals surface area contributed by atoms with Crippen molar-refractivity contribution >= 4 is 35.1 Å². The van der Waals surface area contributed by atoms with E-state index in [4.69, 9.17) is 5.11 Å². The number of carbonyl (C=O) groups is 2. The first-order chi connectivity index (χ1) is 9.58. The molecule has 0 aromatic carbocycles. The molecule has 2 heterocycles. The van der Waals surface area contributed by atoms with Gasteiger partial charge < -0.3 is 10.4 Å². The highest BCUT2D eigenvalue weighted by Gasteiger charge is 2.13. The standard InChI is InChI=1S/C13H11N3O3S/c1-8-4-7-20-9(8)2-3-10(17)16-12-11(13(18)19)14-5-6-15-12/h2-7H,1H3,(H,18,19)(H,15,16,17). The summed E-state index contributed by atoms with van der Waals surface area (Å²) in [5.74, 6) is -1.77. The molecule has 6 nitrogen and oxygen atoms in total. The minimum atomic E-state index is -1.24. The normalized spacial score (nSPS) is 10.7. The van der Waals surface area contributed by atoms with Gasteiger partial charge in [0.05, 0.1) is 0 Å². The summed E-state index contributed by atoms with van der Waals surface area (Å²) < 4.78 is 0. The van der Waals surface area contributed by atoms with Crippen LogP contribution in [-0.4, -0.2) is 27.0 Å². The molecule has 2 N–H and O–H groups in total. The second-order valence-electron chi connectivity index (χ2n) is 3.85. The molecule has 2 aromatic rings. The van der Waals surface area contributed by atoms with Crippen LogP contribution in [0, 0.1) is 6.92 Å². The van der Waals surface area contributed by atoms with Crippen molar-refractivity contribution in [1.29, 1.82) is 0 Å². The van der Waals surface area contributed by atoms with Crippen LogP contribution in [0.15, 0.2) is 29.9 Å². The minimum absolute atomic E-state index is 0.0717. The van der Waals surface area contributed by atoms with Gasteiger partial charge in [0, 0.05) is 23.3 Å². The number of carboxylic acid groups (broad SMARTS) is 1.